The molecule has 124 valence electrons. The van der Waals surface area contributed by atoms with E-state index >= 15 is 0 Å². The molecule has 1 N–H and O–H groups in total. The van der Waals surface area contributed by atoms with Gasteiger partial charge in [-0.2, -0.15) is 0 Å². The number of thioether (sulfide) groups is 1. The summed E-state index contributed by atoms with van der Waals surface area (Å²) in [7, 11) is 0. The van der Waals surface area contributed by atoms with Gasteiger partial charge in [-0.25, -0.2) is 0 Å². The Bertz CT molecular complexity index is 642. The Hall–Kier alpha value is -1.53. The SMILES string of the molecule is CCC(NC(=O)CSc1nncn1C(C)C)c1ccc(Cl)cc1. The fourth-order valence-corrected chi connectivity index (χ4v) is 3.15. The minimum Gasteiger partial charge on any atom is -0.349 e. The van der Waals surface area contributed by atoms with Gasteiger partial charge in [0.15, 0.2) is 5.16 Å². The molecule has 0 fully saturated rings. The predicted octanol–water partition coefficient (Wildman–Crippen LogP) is 3.87. The number of aromatic nitrogens is 3. The van der Waals surface area contributed by atoms with Crippen molar-refractivity contribution in [1.82, 2.24) is 20.1 Å². The van der Waals surface area contributed by atoms with Crippen LogP contribution in [0.3, 0.4) is 0 Å². The van der Waals surface area contributed by atoms with E-state index in [1.807, 2.05) is 35.8 Å². The Labute approximate surface area is 145 Å². The number of rotatable bonds is 7. The molecule has 2 aromatic rings. The van der Waals surface area contributed by atoms with Gasteiger partial charge in [0.05, 0.1) is 11.8 Å². The summed E-state index contributed by atoms with van der Waals surface area (Å²) < 4.78 is 1.95. The highest BCUT2D eigenvalue weighted by molar-refractivity contribution is 7.99. The van der Waals surface area contributed by atoms with Gasteiger partial charge < -0.3 is 9.88 Å². The molecule has 1 aromatic carbocycles. The number of nitrogens with one attached hydrogen (secondary N) is 1. The molecule has 2 rings (SSSR count). The summed E-state index contributed by atoms with van der Waals surface area (Å²) in [5.74, 6) is 0.297. The molecule has 1 unspecified atom stereocenters. The van der Waals surface area contributed by atoms with Crippen molar-refractivity contribution in [3.63, 3.8) is 0 Å². The van der Waals surface area contributed by atoms with Crippen LogP contribution in [0.5, 0.6) is 0 Å². The zero-order valence-corrected chi connectivity index (χ0v) is 15.1. The molecule has 0 aliphatic heterocycles. The third-order valence-corrected chi connectivity index (χ3v) is 4.65. The number of amides is 1. The molecule has 23 heavy (non-hydrogen) atoms. The van der Waals surface area contributed by atoms with Crippen molar-refractivity contribution in [2.24, 2.45) is 0 Å². The Morgan fingerprint density at radius 1 is 1.35 bits per heavy atom. The van der Waals surface area contributed by atoms with E-state index in [1.54, 1.807) is 6.33 Å². The minimum absolute atomic E-state index is 0.0108. The van der Waals surface area contributed by atoms with Crippen LogP contribution in [0.1, 0.15) is 44.8 Å². The maximum Gasteiger partial charge on any atom is 0.230 e. The number of benzene rings is 1. The Kier molecular flexibility index (Phi) is 6.47. The van der Waals surface area contributed by atoms with E-state index in [9.17, 15) is 4.79 Å². The van der Waals surface area contributed by atoms with Gasteiger partial charge in [0, 0.05) is 11.1 Å². The lowest BCUT2D eigenvalue weighted by atomic mass is 10.0. The molecule has 0 saturated heterocycles. The zero-order chi connectivity index (χ0) is 16.8. The summed E-state index contributed by atoms with van der Waals surface area (Å²) in [6.07, 6.45) is 2.51. The van der Waals surface area contributed by atoms with Crippen LogP contribution in [0.4, 0.5) is 0 Å². The quantitative estimate of drug-likeness (QED) is 0.768. The van der Waals surface area contributed by atoms with Gasteiger partial charge in [0.25, 0.3) is 0 Å². The van der Waals surface area contributed by atoms with Crippen LogP contribution in [-0.4, -0.2) is 26.4 Å². The fraction of sp³-hybridized carbons (Fsp3) is 0.438. The van der Waals surface area contributed by atoms with Crippen LogP contribution < -0.4 is 5.32 Å². The van der Waals surface area contributed by atoms with Crippen molar-refractivity contribution >= 4 is 29.3 Å². The lowest BCUT2D eigenvalue weighted by Gasteiger charge is -2.17. The molecule has 5 nitrogen and oxygen atoms in total. The number of nitrogens with zero attached hydrogens (tertiary/aromatic N) is 3. The number of halogens is 1. The van der Waals surface area contributed by atoms with Crippen LogP contribution in [0.2, 0.25) is 5.02 Å². The number of carbonyl (C=O) groups excluding carboxylic acids is 1. The fourth-order valence-electron chi connectivity index (χ4n) is 2.17. The van der Waals surface area contributed by atoms with E-state index in [4.69, 9.17) is 11.6 Å². The van der Waals surface area contributed by atoms with Crippen molar-refractivity contribution in [1.29, 1.82) is 0 Å². The second-order valence-electron chi connectivity index (χ2n) is 5.48. The van der Waals surface area contributed by atoms with Crippen molar-refractivity contribution in [3.05, 3.63) is 41.2 Å². The van der Waals surface area contributed by atoms with E-state index in [0.29, 0.717) is 10.8 Å². The Balaban J connectivity index is 1.92. The maximum atomic E-state index is 12.2. The Morgan fingerprint density at radius 3 is 2.65 bits per heavy atom. The first-order chi connectivity index (χ1) is 11.0. The van der Waals surface area contributed by atoms with Gasteiger partial charge in [0.2, 0.25) is 5.91 Å². The van der Waals surface area contributed by atoms with Crippen LogP contribution >= 0.6 is 23.4 Å². The van der Waals surface area contributed by atoms with Crippen molar-refractivity contribution in [2.75, 3.05) is 5.75 Å². The first-order valence-corrected chi connectivity index (χ1v) is 8.94. The van der Waals surface area contributed by atoms with Crippen LogP contribution in [-0.2, 0) is 4.79 Å². The molecular formula is C16H21ClN4OS. The highest BCUT2D eigenvalue weighted by atomic mass is 35.5. The van der Waals surface area contributed by atoms with Crippen LogP contribution in [0, 0.1) is 0 Å². The van der Waals surface area contributed by atoms with Gasteiger partial charge in [-0.3, -0.25) is 4.79 Å². The molecule has 1 aromatic heterocycles. The summed E-state index contributed by atoms with van der Waals surface area (Å²) >= 11 is 7.30. The summed E-state index contributed by atoms with van der Waals surface area (Å²) in [4.78, 5) is 12.2. The van der Waals surface area contributed by atoms with Gasteiger partial charge in [-0.15, -0.1) is 10.2 Å². The smallest absolute Gasteiger partial charge is 0.230 e. The summed E-state index contributed by atoms with van der Waals surface area (Å²) in [5, 5.41) is 12.5. The molecule has 1 atom stereocenters. The standard InChI is InChI=1S/C16H21ClN4OS/c1-4-14(12-5-7-13(17)8-6-12)19-15(22)9-23-16-20-18-10-21(16)11(2)3/h5-8,10-11,14H,4,9H2,1-3H3,(H,19,22). The molecule has 1 heterocycles. The molecule has 1 amide bonds. The molecule has 0 aliphatic carbocycles. The average Bonchev–Trinajstić information content (AvgIpc) is 3.00. The first kappa shape index (κ1) is 17.8. The van der Waals surface area contributed by atoms with Gasteiger partial charge in [0.1, 0.15) is 6.33 Å². The van der Waals surface area contributed by atoms with Crippen molar-refractivity contribution < 1.29 is 4.79 Å². The van der Waals surface area contributed by atoms with E-state index < -0.39 is 0 Å². The van der Waals surface area contributed by atoms with E-state index in [-0.39, 0.29) is 18.0 Å². The van der Waals surface area contributed by atoms with E-state index in [2.05, 4.69) is 29.4 Å². The first-order valence-electron chi connectivity index (χ1n) is 7.58. The van der Waals surface area contributed by atoms with Crippen molar-refractivity contribution in [3.8, 4) is 0 Å². The lowest BCUT2D eigenvalue weighted by Crippen LogP contribution is -2.29. The molecule has 0 radical (unpaired) electrons. The average molecular weight is 353 g/mol. The van der Waals surface area contributed by atoms with Gasteiger partial charge >= 0.3 is 0 Å². The number of carbonyl (C=O) groups is 1. The number of hydrogen-bond acceptors (Lipinski definition) is 4. The summed E-state index contributed by atoms with van der Waals surface area (Å²) in [5.41, 5.74) is 1.06. The largest absolute Gasteiger partial charge is 0.349 e. The monoisotopic (exact) mass is 352 g/mol. The van der Waals surface area contributed by atoms with Crippen LogP contribution in [0.25, 0.3) is 0 Å². The number of hydrogen-bond donors (Lipinski definition) is 1. The second kappa shape index (κ2) is 8.36. The van der Waals surface area contributed by atoms with Crippen molar-refractivity contribution in [2.45, 2.75) is 44.4 Å². The summed E-state index contributed by atoms with van der Waals surface area (Å²) in [6.45, 7) is 6.16. The molecule has 0 aliphatic rings. The van der Waals surface area contributed by atoms with E-state index in [1.165, 1.54) is 11.8 Å². The molecule has 0 saturated carbocycles. The topological polar surface area (TPSA) is 59.8 Å². The highest BCUT2D eigenvalue weighted by Crippen LogP contribution is 2.21. The predicted molar refractivity (Wildman–Crippen MR) is 93.8 cm³/mol. The maximum absolute atomic E-state index is 12.2. The third kappa shape index (κ3) is 4.97. The lowest BCUT2D eigenvalue weighted by molar-refractivity contribution is -0.119. The zero-order valence-electron chi connectivity index (χ0n) is 13.5. The highest BCUT2D eigenvalue weighted by Gasteiger charge is 2.15. The Morgan fingerprint density at radius 2 is 2.04 bits per heavy atom. The van der Waals surface area contributed by atoms with Gasteiger partial charge in [-0.05, 0) is 38.0 Å². The summed E-state index contributed by atoms with van der Waals surface area (Å²) in [6, 6.07) is 7.83. The molecule has 0 bridgehead atoms. The minimum atomic E-state index is -0.0184. The molecule has 7 heteroatoms. The van der Waals surface area contributed by atoms with Crippen LogP contribution in [0.15, 0.2) is 35.7 Å². The van der Waals surface area contributed by atoms with E-state index in [0.717, 1.165) is 17.1 Å². The molecule has 0 spiro atoms. The van der Waals surface area contributed by atoms with Gasteiger partial charge in [-0.1, -0.05) is 42.4 Å². The third-order valence-electron chi connectivity index (χ3n) is 3.44. The second-order valence-corrected chi connectivity index (χ2v) is 6.86. The molecular weight excluding hydrogens is 332 g/mol. The normalized spacial score (nSPS) is 12.4.